The van der Waals surface area contributed by atoms with Crippen LogP contribution in [0.25, 0.3) is 0 Å². The van der Waals surface area contributed by atoms with Crippen LogP contribution in [0.4, 0.5) is 10.1 Å². The van der Waals surface area contributed by atoms with Crippen LogP contribution in [0.1, 0.15) is 11.1 Å². The lowest BCUT2D eigenvalue weighted by Gasteiger charge is -2.09. The van der Waals surface area contributed by atoms with Gasteiger partial charge in [0, 0.05) is 18.9 Å². The third kappa shape index (κ3) is 3.29. The van der Waals surface area contributed by atoms with Gasteiger partial charge in [-0.1, -0.05) is 6.07 Å². The second-order valence-electron chi connectivity index (χ2n) is 4.10. The van der Waals surface area contributed by atoms with Crippen LogP contribution in [0.3, 0.4) is 0 Å². The zero-order valence-corrected chi connectivity index (χ0v) is 11.7. The number of rotatable bonds is 4. The Morgan fingerprint density at radius 3 is 2.89 bits per heavy atom. The minimum absolute atomic E-state index is 0.180. The molecule has 0 saturated heterocycles. The summed E-state index contributed by atoms with van der Waals surface area (Å²) >= 11 is 3.43. The lowest BCUT2D eigenvalue weighted by Crippen LogP contribution is -2.06. The van der Waals surface area contributed by atoms with E-state index >= 15 is 0 Å². The molecule has 0 saturated carbocycles. The van der Waals surface area contributed by atoms with Gasteiger partial charge in [-0.05, 0) is 58.6 Å². The van der Waals surface area contributed by atoms with Crippen molar-refractivity contribution in [3.05, 3.63) is 58.1 Å². The Kier molecular flexibility index (Phi) is 4.31. The number of benzene rings is 1. The normalized spacial score (nSPS) is 10.4. The minimum Gasteiger partial charge on any atom is -0.384 e. The van der Waals surface area contributed by atoms with E-state index in [-0.39, 0.29) is 5.82 Å². The number of hydrogen-bond donors (Lipinski definition) is 1. The summed E-state index contributed by atoms with van der Waals surface area (Å²) in [5.74, 6) is -0.180. The van der Waals surface area contributed by atoms with Crippen LogP contribution in [0.15, 0.2) is 41.1 Å². The van der Waals surface area contributed by atoms with E-state index in [9.17, 15) is 4.39 Å². The molecule has 0 atom stereocenters. The molecule has 0 radical (unpaired) electrons. The van der Waals surface area contributed by atoms with Crippen LogP contribution in [-0.2, 0) is 6.42 Å². The lowest BCUT2D eigenvalue weighted by molar-refractivity contribution is 0.625. The van der Waals surface area contributed by atoms with E-state index in [1.165, 1.54) is 6.07 Å². The van der Waals surface area contributed by atoms with E-state index < -0.39 is 0 Å². The maximum atomic E-state index is 13.0. The molecule has 2 rings (SSSR count). The van der Waals surface area contributed by atoms with E-state index in [1.54, 1.807) is 18.5 Å². The van der Waals surface area contributed by atoms with Gasteiger partial charge in [0.2, 0.25) is 0 Å². The summed E-state index contributed by atoms with van der Waals surface area (Å²) in [5, 5.41) is 3.32. The molecule has 2 aromatic rings. The van der Waals surface area contributed by atoms with Crippen LogP contribution in [0.2, 0.25) is 0 Å². The van der Waals surface area contributed by atoms with Gasteiger partial charge in [0.25, 0.3) is 0 Å². The third-order valence-corrected chi connectivity index (χ3v) is 3.42. The molecule has 1 aromatic heterocycles. The Balaban J connectivity index is 1.95. The minimum atomic E-state index is -0.180. The molecule has 0 amide bonds. The summed E-state index contributed by atoms with van der Waals surface area (Å²) in [6.07, 6.45) is 4.36. The van der Waals surface area contributed by atoms with E-state index in [0.29, 0.717) is 0 Å². The number of pyridine rings is 1. The summed E-state index contributed by atoms with van der Waals surface area (Å²) in [7, 11) is 0. The Morgan fingerprint density at radius 2 is 2.17 bits per heavy atom. The molecule has 0 spiro atoms. The van der Waals surface area contributed by atoms with E-state index in [2.05, 4.69) is 26.2 Å². The van der Waals surface area contributed by atoms with E-state index in [4.69, 9.17) is 0 Å². The number of aromatic nitrogens is 1. The maximum Gasteiger partial charge on any atom is 0.123 e. The van der Waals surface area contributed by atoms with E-state index in [1.807, 2.05) is 19.1 Å². The molecule has 94 valence electrons. The molecule has 0 aliphatic heterocycles. The van der Waals surface area contributed by atoms with Crippen molar-refractivity contribution in [2.75, 3.05) is 11.9 Å². The number of halogens is 2. The second kappa shape index (κ2) is 5.96. The molecule has 1 N–H and O–H groups in total. The molecular formula is C14H14BrFN2. The Morgan fingerprint density at radius 1 is 1.33 bits per heavy atom. The van der Waals surface area contributed by atoms with Crippen LogP contribution in [0, 0.1) is 12.7 Å². The zero-order valence-electron chi connectivity index (χ0n) is 10.1. The first kappa shape index (κ1) is 13.0. The third-order valence-electron chi connectivity index (χ3n) is 2.79. The molecule has 4 heteroatoms. The highest BCUT2D eigenvalue weighted by Crippen LogP contribution is 2.20. The summed E-state index contributed by atoms with van der Waals surface area (Å²) in [6, 6.07) is 6.83. The molecule has 0 bridgehead atoms. The van der Waals surface area contributed by atoms with Gasteiger partial charge in [0.15, 0.2) is 0 Å². The monoisotopic (exact) mass is 308 g/mol. The summed E-state index contributed by atoms with van der Waals surface area (Å²) in [4.78, 5) is 4.01. The average Bonchev–Trinajstić information content (AvgIpc) is 2.34. The molecule has 0 fully saturated rings. The van der Waals surface area contributed by atoms with Crippen LogP contribution in [-0.4, -0.2) is 11.5 Å². The zero-order chi connectivity index (χ0) is 13.0. The van der Waals surface area contributed by atoms with Crippen LogP contribution < -0.4 is 5.32 Å². The molecule has 1 aromatic carbocycles. The van der Waals surface area contributed by atoms with Crippen molar-refractivity contribution in [2.24, 2.45) is 0 Å². The second-order valence-corrected chi connectivity index (χ2v) is 4.96. The van der Waals surface area contributed by atoms with Crippen LogP contribution >= 0.6 is 15.9 Å². The summed E-state index contributed by atoms with van der Waals surface area (Å²) in [6.45, 7) is 2.73. The molecular weight excluding hydrogens is 295 g/mol. The van der Waals surface area contributed by atoms with Crippen molar-refractivity contribution in [1.29, 1.82) is 0 Å². The topological polar surface area (TPSA) is 24.9 Å². The predicted molar refractivity (Wildman–Crippen MR) is 75.3 cm³/mol. The van der Waals surface area contributed by atoms with Gasteiger partial charge in [-0.2, -0.15) is 0 Å². The average molecular weight is 309 g/mol. The first-order valence-corrected chi connectivity index (χ1v) is 6.54. The quantitative estimate of drug-likeness (QED) is 0.925. The van der Waals surface area contributed by atoms with Crippen molar-refractivity contribution in [3.8, 4) is 0 Å². The molecule has 0 aliphatic carbocycles. The van der Waals surface area contributed by atoms with Gasteiger partial charge in [-0.25, -0.2) is 4.39 Å². The highest BCUT2D eigenvalue weighted by molar-refractivity contribution is 9.10. The highest BCUT2D eigenvalue weighted by Gasteiger charge is 2.01. The van der Waals surface area contributed by atoms with Gasteiger partial charge in [0.1, 0.15) is 5.82 Å². The highest BCUT2D eigenvalue weighted by atomic mass is 79.9. The van der Waals surface area contributed by atoms with Crippen molar-refractivity contribution >= 4 is 21.6 Å². The standard InChI is InChI=1S/C14H14BrFN2/c1-10-8-12(16)3-2-11(10)4-7-18-14-5-6-17-9-13(14)15/h2-3,5-6,8-9H,4,7H2,1H3,(H,17,18). The smallest absolute Gasteiger partial charge is 0.123 e. The van der Waals surface area contributed by atoms with Gasteiger partial charge in [-0.3, -0.25) is 4.98 Å². The van der Waals surface area contributed by atoms with Gasteiger partial charge in [-0.15, -0.1) is 0 Å². The molecule has 18 heavy (non-hydrogen) atoms. The first-order chi connectivity index (χ1) is 8.66. The number of nitrogens with one attached hydrogen (secondary N) is 1. The number of nitrogens with zero attached hydrogens (tertiary/aromatic N) is 1. The van der Waals surface area contributed by atoms with Crippen molar-refractivity contribution in [3.63, 3.8) is 0 Å². The molecule has 0 aliphatic rings. The fourth-order valence-corrected chi connectivity index (χ4v) is 2.18. The van der Waals surface area contributed by atoms with Gasteiger partial charge < -0.3 is 5.32 Å². The number of aryl methyl sites for hydroxylation is 1. The fraction of sp³-hybridized carbons (Fsp3) is 0.214. The molecule has 2 nitrogen and oxygen atoms in total. The molecule has 0 unspecified atom stereocenters. The summed E-state index contributed by atoms with van der Waals surface area (Å²) in [5.41, 5.74) is 3.17. The number of hydrogen-bond acceptors (Lipinski definition) is 2. The summed E-state index contributed by atoms with van der Waals surface area (Å²) < 4.78 is 13.9. The Bertz CT molecular complexity index is 543. The molecule has 1 heterocycles. The lowest BCUT2D eigenvalue weighted by atomic mass is 10.1. The predicted octanol–water partition coefficient (Wildman–Crippen LogP) is 3.95. The first-order valence-electron chi connectivity index (χ1n) is 5.75. The van der Waals surface area contributed by atoms with Crippen molar-refractivity contribution in [1.82, 2.24) is 4.98 Å². The largest absolute Gasteiger partial charge is 0.384 e. The number of anilines is 1. The van der Waals surface area contributed by atoms with Gasteiger partial charge in [0.05, 0.1) is 10.2 Å². The van der Waals surface area contributed by atoms with Crippen molar-refractivity contribution in [2.45, 2.75) is 13.3 Å². The van der Waals surface area contributed by atoms with Gasteiger partial charge >= 0.3 is 0 Å². The van der Waals surface area contributed by atoms with Crippen LogP contribution in [0.5, 0.6) is 0 Å². The van der Waals surface area contributed by atoms with Crippen molar-refractivity contribution < 1.29 is 4.39 Å². The Hall–Kier alpha value is -1.42. The fourth-order valence-electron chi connectivity index (χ4n) is 1.79. The van der Waals surface area contributed by atoms with E-state index in [0.717, 1.165) is 34.3 Å². The Labute approximate surface area is 114 Å². The SMILES string of the molecule is Cc1cc(F)ccc1CCNc1ccncc1Br. The maximum absolute atomic E-state index is 13.0.